The summed E-state index contributed by atoms with van der Waals surface area (Å²) in [7, 11) is 0. The van der Waals surface area contributed by atoms with Gasteiger partial charge in [0.05, 0.1) is 16.7 Å². The molecular weight excluding hydrogens is 324 g/mol. The van der Waals surface area contributed by atoms with Gasteiger partial charge in [0, 0.05) is 19.3 Å². The van der Waals surface area contributed by atoms with Gasteiger partial charge in [-0.25, -0.2) is 14.6 Å². The summed E-state index contributed by atoms with van der Waals surface area (Å²) in [6, 6.07) is 5.27. The number of rotatable bonds is 4. The van der Waals surface area contributed by atoms with Crippen LogP contribution in [0.5, 0.6) is 0 Å². The molecule has 2 aromatic heterocycles. The molecule has 0 amide bonds. The van der Waals surface area contributed by atoms with E-state index in [0.29, 0.717) is 11.2 Å². The van der Waals surface area contributed by atoms with Crippen molar-refractivity contribution in [2.45, 2.75) is 33.9 Å². The van der Waals surface area contributed by atoms with Crippen LogP contribution in [0, 0.1) is 6.92 Å². The molecule has 0 spiro atoms. The second-order valence-corrected chi connectivity index (χ2v) is 5.63. The van der Waals surface area contributed by atoms with Crippen molar-refractivity contribution in [3.63, 3.8) is 0 Å². The molecule has 1 aromatic carbocycles. The molecule has 1 N–H and O–H groups in total. The Bertz CT molecular complexity index is 1100. The van der Waals surface area contributed by atoms with E-state index in [0.717, 1.165) is 28.6 Å². The van der Waals surface area contributed by atoms with Gasteiger partial charge in [-0.1, -0.05) is 0 Å². The van der Waals surface area contributed by atoms with Crippen molar-refractivity contribution in [2.24, 2.45) is 0 Å². The Hall–Kier alpha value is -3.16. The molecule has 0 aliphatic heterocycles. The number of nitrogens with zero attached hydrogens (tertiary/aromatic N) is 4. The molecule has 3 rings (SSSR count). The first kappa shape index (κ1) is 16.7. The lowest BCUT2D eigenvalue weighted by molar-refractivity contribution is 0.0693. The van der Waals surface area contributed by atoms with E-state index in [4.69, 9.17) is 0 Å². The lowest BCUT2D eigenvalue weighted by Gasteiger charge is -2.11. The number of fused-ring (bicyclic) bond motifs is 1. The van der Waals surface area contributed by atoms with E-state index in [1.54, 1.807) is 19.1 Å². The molecule has 0 aliphatic rings. The van der Waals surface area contributed by atoms with Crippen molar-refractivity contribution in [3.8, 4) is 5.69 Å². The van der Waals surface area contributed by atoms with Crippen LogP contribution in [0.25, 0.3) is 16.7 Å². The van der Waals surface area contributed by atoms with Crippen molar-refractivity contribution >= 4 is 17.0 Å². The fourth-order valence-corrected chi connectivity index (χ4v) is 3.00. The Kier molecular flexibility index (Phi) is 4.03. The van der Waals surface area contributed by atoms with Gasteiger partial charge in [0.25, 0.3) is 5.56 Å². The molecule has 0 aliphatic carbocycles. The lowest BCUT2D eigenvalue weighted by Crippen LogP contribution is -2.41. The summed E-state index contributed by atoms with van der Waals surface area (Å²) in [5, 5.41) is 9.25. The Morgan fingerprint density at radius 3 is 2.44 bits per heavy atom. The van der Waals surface area contributed by atoms with Crippen LogP contribution in [-0.4, -0.2) is 29.8 Å². The van der Waals surface area contributed by atoms with Crippen LogP contribution in [0.1, 0.15) is 30.0 Å². The highest BCUT2D eigenvalue weighted by Gasteiger charge is 2.17. The van der Waals surface area contributed by atoms with E-state index in [-0.39, 0.29) is 6.54 Å². The lowest BCUT2D eigenvalue weighted by atomic mass is 10.2. The van der Waals surface area contributed by atoms with Crippen molar-refractivity contribution in [2.75, 3.05) is 0 Å². The minimum absolute atomic E-state index is 0.0879. The number of carbonyl (C=O) groups is 1. The smallest absolute Gasteiger partial charge is 0.342 e. The number of aromatic nitrogens is 4. The standard InChI is InChI=1S/C17H18N4O4/c1-4-19-10(3)18-13-8-11(6-7-14(13)19)21-9-12(16(23)24)15(22)20(5-2)17(21)25/h6-9H,4-5H2,1-3H3,(H,23,24). The van der Waals surface area contributed by atoms with Crippen molar-refractivity contribution in [1.29, 1.82) is 0 Å². The largest absolute Gasteiger partial charge is 0.477 e. The monoisotopic (exact) mass is 342 g/mol. The Morgan fingerprint density at radius 1 is 1.16 bits per heavy atom. The molecule has 130 valence electrons. The predicted octanol–water partition coefficient (Wildman–Crippen LogP) is 1.40. The summed E-state index contributed by atoms with van der Waals surface area (Å²) in [5.41, 5.74) is 0.264. The first-order chi connectivity index (χ1) is 11.9. The molecule has 0 atom stereocenters. The average Bonchev–Trinajstić information content (AvgIpc) is 2.89. The van der Waals surface area contributed by atoms with Gasteiger partial charge in [0.15, 0.2) is 0 Å². The maximum atomic E-state index is 12.6. The van der Waals surface area contributed by atoms with Gasteiger partial charge in [0.1, 0.15) is 11.4 Å². The molecule has 0 fully saturated rings. The van der Waals surface area contributed by atoms with Crippen LogP contribution in [0.15, 0.2) is 34.0 Å². The van der Waals surface area contributed by atoms with E-state index in [2.05, 4.69) is 4.98 Å². The molecular formula is C17H18N4O4. The summed E-state index contributed by atoms with van der Waals surface area (Å²) in [5.74, 6) is -0.514. The maximum absolute atomic E-state index is 12.6. The maximum Gasteiger partial charge on any atom is 0.342 e. The summed E-state index contributed by atoms with van der Waals surface area (Å²) >= 11 is 0. The van der Waals surface area contributed by atoms with Gasteiger partial charge in [-0.3, -0.25) is 13.9 Å². The zero-order valence-corrected chi connectivity index (χ0v) is 14.2. The summed E-state index contributed by atoms with van der Waals surface area (Å²) in [6.45, 7) is 6.39. The topological polar surface area (TPSA) is 99.1 Å². The normalized spacial score (nSPS) is 11.2. The third-order valence-electron chi connectivity index (χ3n) is 4.23. The molecule has 0 unspecified atom stereocenters. The number of hydrogen-bond donors (Lipinski definition) is 1. The van der Waals surface area contributed by atoms with Gasteiger partial charge in [-0.2, -0.15) is 0 Å². The highest BCUT2D eigenvalue weighted by Crippen LogP contribution is 2.19. The van der Waals surface area contributed by atoms with Crippen molar-refractivity contribution < 1.29 is 9.90 Å². The average molecular weight is 342 g/mol. The molecule has 8 heteroatoms. The van der Waals surface area contributed by atoms with Crippen LogP contribution in [0.3, 0.4) is 0 Å². The summed E-state index contributed by atoms with van der Waals surface area (Å²) in [4.78, 5) is 40.5. The highest BCUT2D eigenvalue weighted by atomic mass is 16.4. The molecule has 8 nitrogen and oxygen atoms in total. The number of imidazole rings is 1. The first-order valence-electron chi connectivity index (χ1n) is 7.96. The van der Waals surface area contributed by atoms with Crippen LogP contribution < -0.4 is 11.2 Å². The third kappa shape index (κ3) is 2.55. The van der Waals surface area contributed by atoms with Gasteiger partial charge in [-0.05, 0) is 39.0 Å². The predicted molar refractivity (Wildman–Crippen MR) is 92.6 cm³/mol. The fourth-order valence-electron chi connectivity index (χ4n) is 3.00. The minimum atomic E-state index is -1.37. The SMILES string of the molecule is CCn1c(=O)c(C(=O)O)cn(-c2ccc3c(c2)nc(C)n3CC)c1=O. The van der Waals surface area contributed by atoms with E-state index in [1.807, 2.05) is 24.5 Å². The van der Waals surface area contributed by atoms with Gasteiger partial charge < -0.3 is 9.67 Å². The first-order valence-corrected chi connectivity index (χ1v) is 7.96. The zero-order valence-electron chi connectivity index (χ0n) is 14.2. The number of aromatic carboxylic acids is 1. The highest BCUT2D eigenvalue weighted by molar-refractivity contribution is 5.87. The number of hydrogen-bond acceptors (Lipinski definition) is 4. The Labute approximate surface area is 142 Å². The summed E-state index contributed by atoms with van der Waals surface area (Å²) < 4.78 is 4.12. The number of carboxylic acid groups (broad SMARTS) is 1. The van der Waals surface area contributed by atoms with Crippen LogP contribution in [0.4, 0.5) is 0 Å². The number of carboxylic acids is 1. The zero-order chi connectivity index (χ0) is 18.3. The second kappa shape index (κ2) is 6.04. The quantitative estimate of drug-likeness (QED) is 0.772. The summed E-state index contributed by atoms with van der Waals surface area (Å²) in [6.07, 6.45) is 1.07. The molecule has 0 bridgehead atoms. The number of aryl methyl sites for hydroxylation is 2. The fraction of sp³-hybridized carbons (Fsp3) is 0.294. The second-order valence-electron chi connectivity index (χ2n) is 5.63. The molecule has 3 aromatic rings. The van der Waals surface area contributed by atoms with Crippen molar-refractivity contribution in [1.82, 2.24) is 18.7 Å². The van der Waals surface area contributed by atoms with E-state index < -0.39 is 22.8 Å². The van der Waals surface area contributed by atoms with E-state index in [9.17, 15) is 19.5 Å². The van der Waals surface area contributed by atoms with Gasteiger partial charge >= 0.3 is 11.7 Å². The molecule has 2 heterocycles. The number of benzene rings is 1. The van der Waals surface area contributed by atoms with Gasteiger partial charge in [-0.15, -0.1) is 0 Å². The van der Waals surface area contributed by atoms with Crippen LogP contribution in [0.2, 0.25) is 0 Å². The molecule has 0 saturated heterocycles. The van der Waals surface area contributed by atoms with E-state index in [1.165, 1.54) is 4.57 Å². The van der Waals surface area contributed by atoms with Gasteiger partial charge in [0.2, 0.25) is 0 Å². The van der Waals surface area contributed by atoms with E-state index >= 15 is 0 Å². The van der Waals surface area contributed by atoms with Crippen molar-refractivity contribution in [3.05, 3.63) is 56.6 Å². The minimum Gasteiger partial charge on any atom is -0.477 e. The molecule has 0 radical (unpaired) electrons. The third-order valence-corrected chi connectivity index (χ3v) is 4.23. The Morgan fingerprint density at radius 2 is 1.84 bits per heavy atom. The van der Waals surface area contributed by atoms with Crippen LogP contribution in [-0.2, 0) is 13.1 Å². The Balaban J connectivity index is 2.31. The van der Waals surface area contributed by atoms with Crippen LogP contribution >= 0.6 is 0 Å². The molecule has 25 heavy (non-hydrogen) atoms. The molecule has 0 saturated carbocycles.